The number of amides is 1. The van der Waals surface area contributed by atoms with E-state index in [9.17, 15) is 14.4 Å². The Hall–Kier alpha value is -3.88. The van der Waals surface area contributed by atoms with Crippen molar-refractivity contribution < 1.29 is 9.53 Å². The highest BCUT2D eigenvalue weighted by Crippen LogP contribution is 2.27. The predicted octanol–water partition coefficient (Wildman–Crippen LogP) is 1.82. The van der Waals surface area contributed by atoms with Gasteiger partial charge in [-0.05, 0) is 55.3 Å². The number of nitrogens with zero attached hydrogens (tertiary/aromatic N) is 4. The summed E-state index contributed by atoms with van der Waals surface area (Å²) in [5.41, 5.74) is 1.86. The molecule has 0 atom stereocenters. The van der Waals surface area contributed by atoms with Crippen LogP contribution in [0.3, 0.4) is 0 Å². The zero-order valence-electron chi connectivity index (χ0n) is 17.6. The maximum absolute atomic E-state index is 12.6. The minimum absolute atomic E-state index is 0.328. The van der Waals surface area contributed by atoms with E-state index in [-0.39, 0.29) is 6.54 Å². The molecular formula is C22H23N5O4. The summed E-state index contributed by atoms with van der Waals surface area (Å²) in [5, 5.41) is 7.13. The topological polar surface area (TPSA) is 98.5 Å². The van der Waals surface area contributed by atoms with Gasteiger partial charge in [-0.3, -0.25) is 19.0 Å². The monoisotopic (exact) mass is 421 g/mol. The molecule has 1 aliphatic rings. The van der Waals surface area contributed by atoms with Crippen LogP contribution in [0.15, 0.2) is 52.1 Å². The van der Waals surface area contributed by atoms with Gasteiger partial charge in [0.1, 0.15) is 12.3 Å². The molecule has 0 radical (unpaired) electrons. The third kappa shape index (κ3) is 3.94. The Labute approximate surface area is 178 Å². The lowest BCUT2D eigenvalue weighted by Gasteiger charge is -2.18. The van der Waals surface area contributed by atoms with E-state index in [1.165, 1.54) is 4.57 Å². The molecule has 1 N–H and O–H groups in total. The predicted molar refractivity (Wildman–Crippen MR) is 117 cm³/mol. The van der Waals surface area contributed by atoms with Gasteiger partial charge < -0.3 is 15.0 Å². The molecule has 0 bridgehead atoms. The number of carbonyl (C=O) groups excluding carboxylic acids is 1. The fourth-order valence-electron chi connectivity index (χ4n) is 3.54. The summed E-state index contributed by atoms with van der Waals surface area (Å²) in [7, 11) is 1.59. The van der Waals surface area contributed by atoms with Crippen molar-refractivity contribution in [3.05, 3.63) is 74.3 Å². The number of nitrogens with one attached hydrogen (secondary N) is 1. The summed E-state index contributed by atoms with van der Waals surface area (Å²) in [6, 6.07) is 13.0. The number of aryl methyl sites for hydroxylation is 2. The molecule has 2 heterocycles. The molecule has 1 aliphatic heterocycles. The first-order valence-electron chi connectivity index (χ1n) is 9.88. The van der Waals surface area contributed by atoms with E-state index in [1.807, 2.05) is 61.2 Å². The van der Waals surface area contributed by atoms with Crippen LogP contribution in [-0.2, 0) is 17.9 Å². The highest BCUT2D eigenvalue weighted by Gasteiger charge is 2.26. The number of hydrogen-bond acceptors (Lipinski definition) is 6. The van der Waals surface area contributed by atoms with E-state index in [0.29, 0.717) is 30.5 Å². The van der Waals surface area contributed by atoms with Crippen LogP contribution < -0.4 is 26.1 Å². The number of rotatable bonds is 5. The van der Waals surface area contributed by atoms with Crippen LogP contribution in [0, 0.1) is 13.8 Å². The van der Waals surface area contributed by atoms with Crippen molar-refractivity contribution in [3.8, 4) is 5.75 Å². The molecule has 1 aromatic heterocycles. The number of carbonyl (C=O) groups is 1. The van der Waals surface area contributed by atoms with Crippen molar-refractivity contribution >= 4 is 23.2 Å². The quantitative estimate of drug-likeness (QED) is 0.631. The third-order valence-electron chi connectivity index (χ3n) is 5.25. The number of benzene rings is 2. The maximum Gasteiger partial charge on any atom is 0.333 e. The van der Waals surface area contributed by atoms with E-state index in [1.54, 1.807) is 7.11 Å². The van der Waals surface area contributed by atoms with E-state index in [2.05, 4.69) is 10.4 Å². The van der Waals surface area contributed by atoms with Crippen LogP contribution in [0.25, 0.3) is 0 Å². The average molecular weight is 421 g/mol. The fourth-order valence-corrected chi connectivity index (χ4v) is 3.54. The van der Waals surface area contributed by atoms with Crippen molar-refractivity contribution in [2.24, 2.45) is 0 Å². The van der Waals surface area contributed by atoms with Gasteiger partial charge in [-0.2, -0.15) is 0 Å². The summed E-state index contributed by atoms with van der Waals surface area (Å²) in [5.74, 6) is 0.609. The molecule has 0 spiro atoms. The summed E-state index contributed by atoms with van der Waals surface area (Å²) < 4.78 is 7.45. The second-order valence-electron chi connectivity index (χ2n) is 7.44. The number of anilines is 3. The van der Waals surface area contributed by atoms with E-state index in [0.717, 1.165) is 21.5 Å². The van der Waals surface area contributed by atoms with Gasteiger partial charge in [0.05, 0.1) is 7.11 Å². The molecule has 31 heavy (non-hydrogen) atoms. The Morgan fingerprint density at radius 3 is 2.52 bits per heavy atom. The van der Waals surface area contributed by atoms with Crippen molar-refractivity contribution in [3.63, 3.8) is 0 Å². The highest BCUT2D eigenvalue weighted by atomic mass is 16.5. The Morgan fingerprint density at radius 2 is 1.81 bits per heavy atom. The first-order chi connectivity index (χ1) is 14.9. The molecule has 2 aromatic carbocycles. The van der Waals surface area contributed by atoms with Gasteiger partial charge >= 0.3 is 11.1 Å². The summed E-state index contributed by atoms with van der Waals surface area (Å²) in [6.45, 7) is 4.29. The molecule has 1 amide bonds. The third-order valence-corrected chi connectivity index (χ3v) is 5.25. The molecule has 0 unspecified atom stereocenters. The molecule has 160 valence electrons. The number of ether oxygens (including phenoxy) is 1. The van der Waals surface area contributed by atoms with Crippen molar-refractivity contribution in [2.75, 3.05) is 23.9 Å². The number of fused-ring (bicyclic) bond motifs is 1. The second-order valence-corrected chi connectivity index (χ2v) is 7.44. The van der Waals surface area contributed by atoms with Gasteiger partial charge in [0, 0.05) is 24.5 Å². The van der Waals surface area contributed by atoms with Crippen LogP contribution in [0.4, 0.5) is 17.3 Å². The SMILES string of the molecule is COc1ccc(N2CCn3c2nn(CC(=O)Nc2cc(C)ccc2C)c(=O)c3=O)cc1. The van der Waals surface area contributed by atoms with Gasteiger partial charge in [0.2, 0.25) is 11.9 Å². The number of aromatic nitrogens is 3. The molecule has 0 fully saturated rings. The summed E-state index contributed by atoms with van der Waals surface area (Å²) in [6.07, 6.45) is 0. The highest BCUT2D eigenvalue weighted by molar-refractivity contribution is 5.91. The first kappa shape index (κ1) is 20.4. The molecule has 4 rings (SSSR count). The van der Waals surface area contributed by atoms with E-state index < -0.39 is 17.0 Å². The molecule has 0 aliphatic carbocycles. The zero-order chi connectivity index (χ0) is 22.1. The lowest BCUT2D eigenvalue weighted by molar-refractivity contribution is -0.117. The Morgan fingerprint density at radius 1 is 1.06 bits per heavy atom. The van der Waals surface area contributed by atoms with Crippen molar-refractivity contribution in [2.45, 2.75) is 26.9 Å². The van der Waals surface area contributed by atoms with Crippen molar-refractivity contribution in [1.82, 2.24) is 14.3 Å². The van der Waals surface area contributed by atoms with Crippen LogP contribution >= 0.6 is 0 Å². The van der Waals surface area contributed by atoms with Crippen LogP contribution in [0.1, 0.15) is 11.1 Å². The van der Waals surface area contributed by atoms with Gasteiger partial charge in [0.25, 0.3) is 0 Å². The minimum atomic E-state index is -0.823. The van der Waals surface area contributed by atoms with Gasteiger partial charge in [-0.15, -0.1) is 5.10 Å². The summed E-state index contributed by atoms with van der Waals surface area (Å²) in [4.78, 5) is 39.5. The average Bonchev–Trinajstić information content (AvgIpc) is 3.18. The largest absolute Gasteiger partial charge is 0.497 e. The second kappa shape index (κ2) is 8.10. The molecule has 3 aromatic rings. The Balaban J connectivity index is 1.63. The van der Waals surface area contributed by atoms with E-state index in [4.69, 9.17) is 4.74 Å². The molecular weight excluding hydrogens is 398 g/mol. The normalized spacial score (nSPS) is 12.5. The standard InChI is InChI=1S/C22H23N5O4/c1-14-4-5-15(2)18(12-14)23-19(28)13-27-21(30)20(29)26-11-10-25(22(26)24-27)16-6-8-17(31-3)9-7-16/h4-9,12H,10-11,13H2,1-3H3,(H,23,28). The van der Waals surface area contributed by atoms with Crippen LogP contribution in [0.5, 0.6) is 5.75 Å². The smallest absolute Gasteiger partial charge is 0.333 e. The van der Waals surface area contributed by atoms with E-state index >= 15 is 0 Å². The number of methoxy groups -OCH3 is 1. The zero-order valence-corrected chi connectivity index (χ0v) is 17.6. The molecule has 0 saturated carbocycles. The number of hydrogen-bond donors (Lipinski definition) is 1. The van der Waals surface area contributed by atoms with Gasteiger partial charge in [-0.25, -0.2) is 4.68 Å². The molecule has 9 heteroatoms. The van der Waals surface area contributed by atoms with Crippen LogP contribution in [-0.4, -0.2) is 33.9 Å². The Bertz CT molecular complexity index is 1260. The first-order valence-corrected chi connectivity index (χ1v) is 9.88. The Kier molecular flexibility index (Phi) is 5.33. The van der Waals surface area contributed by atoms with Crippen molar-refractivity contribution in [1.29, 1.82) is 0 Å². The van der Waals surface area contributed by atoms with Gasteiger partial charge in [-0.1, -0.05) is 12.1 Å². The fraction of sp³-hybridized carbons (Fsp3) is 0.273. The minimum Gasteiger partial charge on any atom is -0.497 e. The molecule has 0 saturated heterocycles. The van der Waals surface area contributed by atoms with Crippen LogP contribution in [0.2, 0.25) is 0 Å². The maximum atomic E-state index is 12.6. The summed E-state index contributed by atoms with van der Waals surface area (Å²) >= 11 is 0. The lowest BCUT2D eigenvalue weighted by atomic mass is 10.1. The lowest BCUT2D eigenvalue weighted by Crippen LogP contribution is -2.44. The van der Waals surface area contributed by atoms with Gasteiger partial charge in [0.15, 0.2) is 0 Å². The molecule has 9 nitrogen and oxygen atoms in total.